The smallest absolute Gasteiger partial charge is 0.116 e. The van der Waals surface area contributed by atoms with Crippen LogP contribution in [-0.4, -0.2) is 11.4 Å². The number of nitrogens with zero attached hydrogens (tertiary/aromatic N) is 1. The fraction of sp³-hybridized carbons (Fsp3) is 0.467. The van der Waals surface area contributed by atoms with Crippen LogP contribution in [0.15, 0.2) is 77.6 Å². The molecule has 0 bridgehead atoms. The zero-order valence-corrected chi connectivity index (χ0v) is 21.0. The third-order valence-electron chi connectivity index (χ3n) is 7.08. The highest BCUT2D eigenvalue weighted by molar-refractivity contribution is 5.79. The van der Waals surface area contributed by atoms with E-state index in [0.717, 1.165) is 25.0 Å². The maximum absolute atomic E-state index is 4.62. The maximum Gasteiger partial charge on any atom is 0.116 e. The molecule has 1 atom stereocenters. The molecule has 3 rings (SSSR count). The summed E-state index contributed by atoms with van der Waals surface area (Å²) in [4.78, 5) is 2.63. The lowest BCUT2D eigenvalue weighted by molar-refractivity contribution is 0.203. The molecule has 0 saturated heterocycles. The van der Waals surface area contributed by atoms with Gasteiger partial charge >= 0.3 is 0 Å². The molecule has 1 aliphatic heterocycles. The average Bonchev–Trinajstić information content (AvgIpc) is 2.69. The van der Waals surface area contributed by atoms with Gasteiger partial charge in [0.25, 0.3) is 0 Å². The largest absolute Gasteiger partial charge is 0.357 e. The highest BCUT2D eigenvalue weighted by atomic mass is 15.2. The Morgan fingerprint density at radius 3 is 2.23 bits per heavy atom. The van der Waals surface area contributed by atoms with Crippen LogP contribution in [0.4, 0.5) is 0 Å². The molecule has 2 aliphatic rings. The van der Waals surface area contributed by atoms with Gasteiger partial charge < -0.3 is 4.90 Å². The van der Waals surface area contributed by atoms with Crippen LogP contribution in [0.2, 0.25) is 0 Å². The Labute approximate surface area is 190 Å². The van der Waals surface area contributed by atoms with E-state index in [2.05, 4.69) is 104 Å². The average molecular weight is 416 g/mol. The summed E-state index contributed by atoms with van der Waals surface area (Å²) in [6, 6.07) is 9.00. The predicted octanol–water partition coefficient (Wildman–Crippen LogP) is 8.43. The second kappa shape index (κ2) is 8.34. The second-order valence-electron chi connectivity index (χ2n) is 10.2. The molecule has 1 unspecified atom stereocenters. The molecule has 1 heteroatoms. The summed E-state index contributed by atoms with van der Waals surface area (Å²) in [5.74, 6) is 0.455. The zero-order valence-electron chi connectivity index (χ0n) is 21.0. The van der Waals surface area contributed by atoms with Crippen molar-refractivity contribution < 1.29 is 0 Å². The quantitative estimate of drug-likeness (QED) is 0.404. The van der Waals surface area contributed by atoms with Crippen molar-refractivity contribution in [3.63, 3.8) is 0 Å². The van der Waals surface area contributed by atoms with Crippen molar-refractivity contribution in [3.8, 4) is 0 Å². The zero-order chi connectivity index (χ0) is 23.1. The SMILES string of the molecule is C=CC(=C)C1(C2=C(C(C)C)C(C(C)(C)C)=C2)c2ccccc2C(CC)=C(CC)N1CC. The molecular formula is C30H41N. The molecule has 31 heavy (non-hydrogen) atoms. The van der Waals surface area contributed by atoms with Crippen molar-refractivity contribution in [2.45, 2.75) is 73.8 Å². The highest BCUT2D eigenvalue weighted by Gasteiger charge is 2.51. The molecule has 166 valence electrons. The van der Waals surface area contributed by atoms with E-state index in [1.54, 1.807) is 0 Å². The van der Waals surface area contributed by atoms with E-state index in [9.17, 15) is 0 Å². The molecular weight excluding hydrogens is 374 g/mol. The van der Waals surface area contributed by atoms with E-state index < -0.39 is 5.54 Å². The molecule has 0 fully saturated rings. The first-order chi connectivity index (χ1) is 14.6. The van der Waals surface area contributed by atoms with Crippen LogP contribution in [0.5, 0.6) is 0 Å². The molecule has 0 radical (unpaired) electrons. The van der Waals surface area contributed by atoms with E-state index in [-0.39, 0.29) is 5.41 Å². The van der Waals surface area contributed by atoms with Gasteiger partial charge in [0.15, 0.2) is 0 Å². The van der Waals surface area contributed by atoms with Gasteiger partial charge in [-0.25, -0.2) is 0 Å². The number of fused-ring (bicyclic) bond motifs is 1. The summed E-state index contributed by atoms with van der Waals surface area (Å²) in [6.07, 6.45) is 6.50. The van der Waals surface area contributed by atoms with E-state index >= 15 is 0 Å². The molecule has 0 saturated carbocycles. The van der Waals surface area contributed by atoms with Gasteiger partial charge in [-0.05, 0) is 70.1 Å². The van der Waals surface area contributed by atoms with E-state index in [1.807, 2.05) is 6.08 Å². The summed E-state index contributed by atoms with van der Waals surface area (Å²) < 4.78 is 0. The Bertz CT molecular complexity index is 989. The molecule has 0 aromatic heterocycles. The number of likely N-dealkylation sites (N-methyl/N-ethyl adjacent to an activating group) is 1. The van der Waals surface area contributed by atoms with Crippen LogP contribution in [0.1, 0.15) is 79.4 Å². The van der Waals surface area contributed by atoms with Crippen LogP contribution >= 0.6 is 0 Å². The summed E-state index contributed by atoms with van der Waals surface area (Å²) in [7, 11) is 0. The summed E-state index contributed by atoms with van der Waals surface area (Å²) in [5, 5.41) is 0. The van der Waals surface area contributed by atoms with E-state index in [4.69, 9.17) is 0 Å². The molecule has 1 heterocycles. The number of hydrogen-bond donors (Lipinski definition) is 0. The third-order valence-corrected chi connectivity index (χ3v) is 7.08. The fourth-order valence-electron chi connectivity index (χ4n) is 5.82. The number of allylic oxidation sites excluding steroid dienone is 4. The van der Waals surface area contributed by atoms with Crippen molar-refractivity contribution in [2.24, 2.45) is 11.3 Å². The van der Waals surface area contributed by atoms with Crippen molar-refractivity contribution in [1.29, 1.82) is 0 Å². The minimum absolute atomic E-state index is 0.128. The van der Waals surface area contributed by atoms with Gasteiger partial charge in [-0.15, -0.1) is 0 Å². The van der Waals surface area contributed by atoms with Crippen LogP contribution in [0, 0.1) is 11.3 Å². The highest BCUT2D eigenvalue weighted by Crippen LogP contribution is 2.58. The number of rotatable bonds is 7. The van der Waals surface area contributed by atoms with Gasteiger partial charge in [0, 0.05) is 12.2 Å². The maximum atomic E-state index is 4.62. The molecule has 1 nitrogen and oxygen atoms in total. The second-order valence-corrected chi connectivity index (χ2v) is 10.2. The van der Waals surface area contributed by atoms with Crippen LogP contribution < -0.4 is 0 Å². The van der Waals surface area contributed by atoms with Gasteiger partial charge in [0.05, 0.1) is 0 Å². The Hall–Kier alpha value is -2.28. The van der Waals surface area contributed by atoms with E-state index in [1.165, 1.54) is 39.1 Å². The lowest BCUT2D eigenvalue weighted by Crippen LogP contribution is -2.52. The summed E-state index contributed by atoms with van der Waals surface area (Å²) in [5.41, 5.74) is 10.8. The first kappa shape index (κ1) is 23.4. The van der Waals surface area contributed by atoms with Crippen molar-refractivity contribution in [2.75, 3.05) is 6.54 Å². The number of benzene rings is 1. The van der Waals surface area contributed by atoms with Gasteiger partial charge in [-0.2, -0.15) is 0 Å². The lowest BCUT2D eigenvalue weighted by Gasteiger charge is -2.55. The molecule has 0 N–H and O–H groups in total. The molecule has 0 amide bonds. The van der Waals surface area contributed by atoms with Gasteiger partial charge in [-0.1, -0.05) is 98.0 Å². The van der Waals surface area contributed by atoms with Gasteiger partial charge in [-0.3, -0.25) is 0 Å². The minimum atomic E-state index is -0.397. The summed E-state index contributed by atoms with van der Waals surface area (Å²) >= 11 is 0. The monoisotopic (exact) mass is 415 g/mol. The lowest BCUT2D eigenvalue weighted by atomic mass is 9.60. The standard InChI is InChI=1S/C30H41N/c1-11-21(7)30(26-19-25(29(8,9)10)28(26)20(5)6)24-18-16-15-17-23(24)22(12-2)27(13-3)31(30)14-4/h11,15-20H,1,7,12-14H2,2-6,8-10H3. The molecule has 1 aromatic rings. The van der Waals surface area contributed by atoms with Crippen LogP contribution in [0.3, 0.4) is 0 Å². The normalized spacial score (nSPS) is 21.2. The van der Waals surface area contributed by atoms with Crippen molar-refractivity contribution >= 4 is 5.57 Å². The summed E-state index contributed by atoms with van der Waals surface area (Å²) in [6.45, 7) is 28.3. The first-order valence-corrected chi connectivity index (χ1v) is 12.0. The number of hydrogen-bond acceptors (Lipinski definition) is 1. The third kappa shape index (κ3) is 3.28. The van der Waals surface area contributed by atoms with Crippen molar-refractivity contribution in [1.82, 2.24) is 4.90 Å². The Kier molecular flexibility index (Phi) is 6.29. The van der Waals surface area contributed by atoms with Gasteiger partial charge in [0.1, 0.15) is 5.54 Å². The Morgan fingerprint density at radius 1 is 1.10 bits per heavy atom. The van der Waals surface area contributed by atoms with E-state index in [0.29, 0.717) is 5.92 Å². The Balaban J connectivity index is 2.47. The molecule has 0 spiro atoms. The first-order valence-electron chi connectivity index (χ1n) is 12.0. The Morgan fingerprint density at radius 2 is 1.74 bits per heavy atom. The topological polar surface area (TPSA) is 3.24 Å². The predicted molar refractivity (Wildman–Crippen MR) is 137 cm³/mol. The van der Waals surface area contributed by atoms with Gasteiger partial charge in [0.2, 0.25) is 0 Å². The minimum Gasteiger partial charge on any atom is -0.357 e. The van der Waals surface area contributed by atoms with Crippen LogP contribution in [-0.2, 0) is 5.54 Å². The molecule has 1 aliphatic carbocycles. The molecule has 1 aromatic carbocycles. The van der Waals surface area contributed by atoms with Crippen LogP contribution in [0.25, 0.3) is 5.57 Å². The van der Waals surface area contributed by atoms with Crippen molar-refractivity contribution in [3.05, 3.63) is 88.7 Å². The fourth-order valence-corrected chi connectivity index (χ4v) is 5.82.